The highest BCUT2D eigenvalue weighted by atomic mass is 16.7. The van der Waals surface area contributed by atoms with Crippen LogP contribution in [-0.2, 0) is 0 Å². The first-order valence-electron chi connectivity index (χ1n) is 6.23. The SMILES string of the molecule is O=C(O)Oc1ccc(-c2ccccc2)c2ccccc12. The summed E-state index contributed by atoms with van der Waals surface area (Å²) >= 11 is 0. The fraction of sp³-hybridized carbons (Fsp3) is 0. The third kappa shape index (κ3) is 2.21. The summed E-state index contributed by atoms with van der Waals surface area (Å²) in [4.78, 5) is 10.7. The molecule has 1 N–H and O–H groups in total. The molecule has 0 radical (unpaired) electrons. The summed E-state index contributed by atoms with van der Waals surface area (Å²) in [6.07, 6.45) is -1.30. The Morgan fingerprint density at radius 3 is 2.15 bits per heavy atom. The molecular weight excluding hydrogens is 252 g/mol. The van der Waals surface area contributed by atoms with Gasteiger partial charge in [0.05, 0.1) is 0 Å². The van der Waals surface area contributed by atoms with Crippen molar-refractivity contribution in [3.63, 3.8) is 0 Å². The van der Waals surface area contributed by atoms with E-state index in [1.807, 2.05) is 60.7 Å². The molecule has 3 aromatic rings. The van der Waals surface area contributed by atoms with Crippen LogP contribution in [-0.4, -0.2) is 11.3 Å². The molecule has 0 aliphatic carbocycles. The van der Waals surface area contributed by atoms with E-state index in [4.69, 9.17) is 9.84 Å². The van der Waals surface area contributed by atoms with Gasteiger partial charge in [-0.25, -0.2) is 4.79 Å². The highest BCUT2D eigenvalue weighted by Gasteiger charge is 2.10. The number of hydrogen-bond acceptors (Lipinski definition) is 2. The Hall–Kier alpha value is -2.81. The fourth-order valence-corrected chi connectivity index (χ4v) is 2.32. The lowest BCUT2D eigenvalue weighted by Crippen LogP contribution is -2.03. The summed E-state index contributed by atoms with van der Waals surface area (Å²) in [5, 5.41) is 10.5. The van der Waals surface area contributed by atoms with E-state index in [1.54, 1.807) is 6.07 Å². The first-order chi connectivity index (χ1) is 9.75. The monoisotopic (exact) mass is 264 g/mol. The van der Waals surface area contributed by atoms with E-state index in [9.17, 15) is 4.79 Å². The van der Waals surface area contributed by atoms with Gasteiger partial charge in [0, 0.05) is 5.39 Å². The van der Waals surface area contributed by atoms with E-state index in [-0.39, 0.29) is 0 Å². The van der Waals surface area contributed by atoms with Crippen molar-refractivity contribution in [2.24, 2.45) is 0 Å². The summed E-state index contributed by atoms with van der Waals surface area (Å²) in [7, 11) is 0. The first-order valence-corrected chi connectivity index (χ1v) is 6.23. The maximum atomic E-state index is 10.7. The standard InChI is InChI=1S/C17H12O3/c18-17(19)20-16-11-10-13(12-6-2-1-3-7-12)14-8-4-5-9-15(14)16/h1-11H,(H,18,19). The van der Waals surface area contributed by atoms with E-state index < -0.39 is 6.16 Å². The van der Waals surface area contributed by atoms with Crippen LogP contribution in [0.5, 0.6) is 5.75 Å². The summed E-state index contributed by atoms with van der Waals surface area (Å²) < 4.78 is 4.83. The smallest absolute Gasteiger partial charge is 0.449 e. The molecule has 3 rings (SSSR count). The Balaban J connectivity index is 2.24. The Labute approximate surface area is 116 Å². The van der Waals surface area contributed by atoms with Gasteiger partial charge in [-0.3, -0.25) is 0 Å². The molecule has 0 aliphatic rings. The van der Waals surface area contributed by atoms with Crippen LogP contribution in [0.2, 0.25) is 0 Å². The topological polar surface area (TPSA) is 46.5 Å². The number of rotatable bonds is 2. The Morgan fingerprint density at radius 2 is 1.45 bits per heavy atom. The lowest BCUT2D eigenvalue weighted by molar-refractivity contribution is 0.145. The van der Waals surface area contributed by atoms with Gasteiger partial charge in [0.2, 0.25) is 0 Å². The van der Waals surface area contributed by atoms with E-state index in [0.29, 0.717) is 5.75 Å². The van der Waals surface area contributed by atoms with Crippen LogP contribution in [0.4, 0.5) is 4.79 Å². The predicted molar refractivity (Wildman–Crippen MR) is 78.0 cm³/mol. The van der Waals surface area contributed by atoms with Gasteiger partial charge in [-0.2, -0.15) is 0 Å². The van der Waals surface area contributed by atoms with E-state index in [0.717, 1.165) is 21.9 Å². The van der Waals surface area contributed by atoms with Crippen molar-refractivity contribution < 1.29 is 14.6 Å². The molecule has 0 bridgehead atoms. The average Bonchev–Trinajstić information content (AvgIpc) is 2.48. The normalized spacial score (nSPS) is 10.4. The van der Waals surface area contributed by atoms with Gasteiger partial charge in [0.25, 0.3) is 0 Å². The number of carbonyl (C=O) groups is 1. The fourth-order valence-electron chi connectivity index (χ4n) is 2.32. The average molecular weight is 264 g/mol. The van der Waals surface area contributed by atoms with Crippen LogP contribution in [0.25, 0.3) is 21.9 Å². The van der Waals surface area contributed by atoms with Gasteiger partial charge in [-0.05, 0) is 22.6 Å². The number of carboxylic acid groups (broad SMARTS) is 1. The molecule has 3 nitrogen and oxygen atoms in total. The van der Waals surface area contributed by atoms with Crippen LogP contribution in [0.1, 0.15) is 0 Å². The summed E-state index contributed by atoms with van der Waals surface area (Å²) in [5.41, 5.74) is 2.14. The molecule has 0 aromatic heterocycles. The van der Waals surface area contributed by atoms with Crippen LogP contribution >= 0.6 is 0 Å². The maximum Gasteiger partial charge on any atom is 0.511 e. The number of benzene rings is 3. The van der Waals surface area contributed by atoms with E-state index in [2.05, 4.69) is 0 Å². The number of ether oxygens (including phenoxy) is 1. The molecule has 98 valence electrons. The quantitative estimate of drug-likeness (QED) is 0.545. The lowest BCUT2D eigenvalue weighted by Gasteiger charge is -2.10. The van der Waals surface area contributed by atoms with Gasteiger partial charge < -0.3 is 9.84 Å². The Kier molecular flexibility index (Phi) is 3.09. The zero-order valence-electron chi connectivity index (χ0n) is 10.6. The van der Waals surface area contributed by atoms with Crippen molar-refractivity contribution in [3.8, 4) is 16.9 Å². The van der Waals surface area contributed by atoms with E-state index in [1.165, 1.54) is 0 Å². The molecule has 20 heavy (non-hydrogen) atoms. The largest absolute Gasteiger partial charge is 0.511 e. The second-order valence-electron chi connectivity index (χ2n) is 4.39. The molecule has 3 aromatic carbocycles. The summed E-state index contributed by atoms with van der Waals surface area (Å²) in [5.74, 6) is 0.354. The molecule has 0 unspecified atom stereocenters. The first kappa shape index (κ1) is 12.2. The van der Waals surface area contributed by atoms with Gasteiger partial charge >= 0.3 is 6.16 Å². The van der Waals surface area contributed by atoms with Crippen LogP contribution in [0.15, 0.2) is 66.7 Å². The Bertz CT molecular complexity index is 764. The van der Waals surface area contributed by atoms with Crippen molar-refractivity contribution in [3.05, 3.63) is 66.7 Å². The van der Waals surface area contributed by atoms with Crippen LogP contribution in [0, 0.1) is 0 Å². The minimum atomic E-state index is -1.30. The zero-order valence-corrected chi connectivity index (χ0v) is 10.6. The van der Waals surface area contributed by atoms with Crippen molar-refractivity contribution in [2.75, 3.05) is 0 Å². The zero-order chi connectivity index (χ0) is 13.9. The molecule has 0 aliphatic heterocycles. The highest BCUT2D eigenvalue weighted by molar-refractivity contribution is 6.00. The molecule has 0 heterocycles. The van der Waals surface area contributed by atoms with Gasteiger partial charge in [0.15, 0.2) is 0 Å². The van der Waals surface area contributed by atoms with Crippen molar-refractivity contribution in [1.82, 2.24) is 0 Å². The van der Waals surface area contributed by atoms with Gasteiger partial charge in [-0.15, -0.1) is 0 Å². The number of hydrogen-bond donors (Lipinski definition) is 1. The molecule has 0 fully saturated rings. The summed E-state index contributed by atoms with van der Waals surface area (Å²) in [6, 6.07) is 21.2. The predicted octanol–water partition coefficient (Wildman–Crippen LogP) is 4.56. The summed E-state index contributed by atoms with van der Waals surface area (Å²) in [6.45, 7) is 0. The van der Waals surface area contributed by atoms with Gasteiger partial charge in [0.1, 0.15) is 5.75 Å². The molecule has 0 saturated heterocycles. The minimum Gasteiger partial charge on any atom is -0.449 e. The Morgan fingerprint density at radius 1 is 0.800 bits per heavy atom. The molecule has 0 atom stereocenters. The van der Waals surface area contributed by atoms with Crippen molar-refractivity contribution >= 4 is 16.9 Å². The molecule has 3 heteroatoms. The second kappa shape index (κ2) is 5.05. The van der Waals surface area contributed by atoms with Crippen molar-refractivity contribution in [2.45, 2.75) is 0 Å². The van der Waals surface area contributed by atoms with Gasteiger partial charge in [-0.1, -0.05) is 60.7 Å². The molecular formula is C17H12O3. The minimum absolute atomic E-state index is 0.354. The van der Waals surface area contributed by atoms with Crippen LogP contribution in [0.3, 0.4) is 0 Å². The molecule has 0 amide bonds. The lowest BCUT2D eigenvalue weighted by atomic mass is 9.98. The third-order valence-electron chi connectivity index (χ3n) is 3.17. The van der Waals surface area contributed by atoms with E-state index >= 15 is 0 Å². The highest BCUT2D eigenvalue weighted by Crippen LogP contribution is 2.34. The number of fused-ring (bicyclic) bond motifs is 1. The molecule has 0 saturated carbocycles. The third-order valence-corrected chi connectivity index (χ3v) is 3.17. The maximum absolute atomic E-state index is 10.7. The second-order valence-corrected chi connectivity index (χ2v) is 4.39. The van der Waals surface area contributed by atoms with Crippen molar-refractivity contribution in [1.29, 1.82) is 0 Å². The van der Waals surface area contributed by atoms with Crippen LogP contribution < -0.4 is 4.74 Å². The molecule has 0 spiro atoms.